The monoisotopic (exact) mass is 306 g/mol. The summed E-state index contributed by atoms with van der Waals surface area (Å²) < 4.78 is 0. The fourth-order valence-electron chi connectivity index (χ4n) is 2.98. The Balaban J connectivity index is 1.92. The lowest BCUT2D eigenvalue weighted by molar-refractivity contribution is 0.594. The van der Waals surface area contributed by atoms with Crippen LogP contribution in [0.5, 0.6) is 0 Å². The van der Waals surface area contributed by atoms with E-state index in [1.165, 1.54) is 68.1 Å². The van der Waals surface area contributed by atoms with Crippen molar-refractivity contribution in [3.8, 4) is 0 Å². The average molecular weight is 306 g/mol. The van der Waals surface area contributed by atoms with Gasteiger partial charge in [0, 0.05) is 0 Å². The third kappa shape index (κ3) is 6.86. The maximum atomic E-state index is 2.35. The van der Waals surface area contributed by atoms with Crippen LogP contribution in [0.3, 0.4) is 0 Å². The SMILES string of the molecule is CCCCCCCCC/C(=C\c1ccccc1)c1ccccc1. The predicted molar refractivity (Wildman–Crippen MR) is 103 cm³/mol. The first-order valence-corrected chi connectivity index (χ1v) is 9.21. The summed E-state index contributed by atoms with van der Waals surface area (Å²) in [6.07, 6.45) is 13.1. The van der Waals surface area contributed by atoms with E-state index in [4.69, 9.17) is 0 Å². The van der Waals surface area contributed by atoms with Crippen molar-refractivity contribution in [2.24, 2.45) is 0 Å². The van der Waals surface area contributed by atoms with Gasteiger partial charge in [0.25, 0.3) is 0 Å². The molecule has 0 unspecified atom stereocenters. The summed E-state index contributed by atoms with van der Waals surface area (Å²) in [5.74, 6) is 0. The molecule has 0 bridgehead atoms. The van der Waals surface area contributed by atoms with Crippen molar-refractivity contribution in [1.29, 1.82) is 0 Å². The normalized spacial score (nSPS) is 11.6. The summed E-state index contributed by atoms with van der Waals surface area (Å²) in [4.78, 5) is 0. The third-order valence-corrected chi connectivity index (χ3v) is 4.33. The van der Waals surface area contributed by atoms with E-state index in [1.54, 1.807) is 0 Å². The van der Waals surface area contributed by atoms with Gasteiger partial charge in [0.2, 0.25) is 0 Å². The molecular weight excluding hydrogens is 276 g/mol. The molecular formula is C23H30. The molecule has 2 rings (SSSR count). The topological polar surface area (TPSA) is 0 Å². The molecule has 0 aliphatic rings. The molecule has 0 aromatic heterocycles. The average Bonchev–Trinajstić information content (AvgIpc) is 2.61. The zero-order chi connectivity index (χ0) is 16.2. The van der Waals surface area contributed by atoms with Crippen molar-refractivity contribution in [2.45, 2.75) is 58.3 Å². The molecule has 0 radical (unpaired) electrons. The van der Waals surface area contributed by atoms with E-state index in [2.05, 4.69) is 73.7 Å². The number of allylic oxidation sites excluding steroid dienone is 1. The van der Waals surface area contributed by atoms with Crippen LogP contribution in [0.15, 0.2) is 60.7 Å². The largest absolute Gasteiger partial charge is 0.0654 e. The van der Waals surface area contributed by atoms with Crippen LogP contribution in [-0.4, -0.2) is 0 Å². The third-order valence-electron chi connectivity index (χ3n) is 4.33. The maximum Gasteiger partial charge on any atom is -0.0224 e. The Morgan fingerprint density at radius 1 is 0.696 bits per heavy atom. The minimum absolute atomic E-state index is 1.17. The molecule has 0 N–H and O–H groups in total. The van der Waals surface area contributed by atoms with Crippen LogP contribution in [-0.2, 0) is 0 Å². The van der Waals surface area contributed by atoms with Gasteiger partial charge < -0.3 is 0 Å². The van der Waals surface area contributed by atoms with Gasteiger partial charge in [0.05, 0.1) is 0 Å². The summed E-state index contributed by atoms with van der Waals surface area (Å²) >= 11 is 0. The van der Waals surface area contributed by atoms with Crippen molar-refractivity contribution in [1.82, 2.24) is 0 Å². The van der Waals surface area contributed by atoms with E-state index in [1.807, 2.05) is 0 Å². The fraction of sp³-hybridized carbons (Fsp3) is 0.391. The van der Waals surface area contributed by atoms with Gasteiger partial charge in [-0.15, -0.1) is 0 Å². The van der Waals surface area contributed by atoms with Gasteiger partial charge in [0.15, 0.2) is 0 Å². The van der Waals surface area contributed by atoms with Crippen LogP contribution in [0.2, 0.25) is 0 Å². The van der Waals surface area contributed by atoms with Gasteiger partial charge in [-0.3, -0.25) is 0 Å². The van der Waals surface area contributed by atoms with Crippen LogP contribution in [0.4, 0.5) is 0 Å². The van der Waals surface area contributed by atoms with Gasteiger partial charge in [-0.2, -0.15) is 0 Å². The molecule has 0 fully saturated rings. The second-order valence-corrected chi connectivity index (χ2v) is 6.32. The first-order valence-electron chi connectivity index (χ1n) is 9.21. The first-order chi connectivity index (χ1) is 11.4. The molecule has 2 aromatic carbocycles. The second-order valence-electron chi connectivity index (χ2n) is 6.32. The van der Waals surface area contributed by atoms with E-state index in [0.29, 0.717) is 0 Å². The fourth-order valence-corrected chi connectivity index (χ4v) is 2.98. The Morgan fingerprint density at radius 3 is 1.91 bits per heavy atom. The van der Waals surface area contributed by atoms with E-state index in [0.717, 1.165) is 0 Å². The Labute approximate surface area is 142 Å². The lowest BCUT2D eigenvalue weighted by Crippen LogP contribution is -1.87. The smallest absolute Gasteiger partial charge is 0.0224 e. The summed E-state index contributed by atoms with van der Waals surface area (Å²) in [6, 6.07) is 21.5. The molecule has 0 heterocycles. The lowest BCUT2D eigenvalue weighted by Gasteiger charge is -2.09. The number of rotatable bonds is 10. The molecule has 0 amide bonds. The van der Waals surface area contributed by atoms with Gasteiger partial charge in [-0.1, -0.05) is 112 Å². The Bertz CT molecular complexity index is 551. The zero-order valence-corrected chi connectivity index (χ0v) is 14.5. The minimum Gasteiger partial charge on any atom is -0.0654 e. The highest BCUT2D eigenvalue weighted by atomic mass is 14.1. The van der Waals surface area contributed by atoms with Crippen LogP contribution in [0.1, 0.15) is 69.4 Å². The molecule has 0 saturated heterocycles. The van der Waals surface area contributed by atoms with Crippen LogP contribution < -0.4 is 0 Å². The zero-order valence-electron chi connectivity index (χ0n) is 14.5. The predicted octanol–water partition coefficient (Wildman–Crippen LogP) is 7.37. The van der Waals surface area contributed by atoms with E-state index >= 15 is 0 Å². The quantitative estimate of drug-likeness (QED) is 0.317. The number of hydrogen-bond acceptors (Lipinski definition) is 0. The Hall–Kier alpha value is -1.82. The molecule has 0 saturated carbocycles. The van der Waals surface area contributed by atoms with Crippen LogP contribution >= 0.6 is 0 Å². The van der Waals surface area contributed by atoms with Crippen LogP contribution in [0.25, 0.3) is 11.6 Å². The highest BCUT2D eigenvalue weighted by Gasteiger charge is 2.02. The van der Waals surface area contributed by atoms with E-state index in [-0.39, 0.29) is 0 Å². The van der Waals surface area contributed by atoms with Crippen molar-refractivity contribution < 1.29 is 0 Å². The molecule has 0 nitrogen and oxygen atoms in total. The summed E-state index contributed by atoms with van der Waals surface area (Å²) in [6.45, 7) is 2.28. The van der Waals surface area contributed by atoms with Gasteiger partial charge >= 0.3 is 0 Å². The highest BCUT2D eigenvalue weighted by Crippen LogP contribution is 2.24. The van der Waals surface area contributed by atoms with Gasteiger partial charge in [0.1, 0.15) is 0 Å². The van der Waals surface area contributed by atoms with E-state index < -0.39 is 0 Å². The molecule has 0 aliphatic carbocycles. The maximum absolute atomic E-state index is 2.35. The molecule has 0 atom stereocenters. The molecule has 0 aliphatic heterocycles. The first kappa shape index (κ1) is 17.5. The number of benzene rings is 2. The van der Waals surface area contributed by atoms with Crippen molar-refractivity contribution in [3.05, 3.63) is 71.8 Å². The highest BCUT2D eigenvalue weighted by molar-refractivity contribution is 5.81. The Kier molecular flexibility index (Phi) is 8.26. The molecule has 0 heteroatoms. The van der Waals surface area contributed by atoms with Crippen molar-refractivity contribution in [2.75, 3.05) is 0 Å². The van der Waals surface area contributed by atoms with Crippen molar-refractivity contribution >= 4 is 11.6 Å². The minimum atomic E-state index is 1.17. The summed E-state index contributed by atoms with van der Waals surface area (Å²) in [7, 11) is 0. The molecule has 2 aromatic rings. The summed E-state index contributed by atoms with van der Waals surface area (Å²) in [5.41, 5.74) is 4.13. The standard InChI is InChI=1S/C23H30/c1-2-3-4-5-6-7-12-19-23(22-17-13-9-14-18-22)20-21-15-10-8-11-16-21/h8-11,13-18,20H,2-7,12,19H2,1H3/b23-20+. The number of hydrogen-bond donors (Lipinski definition) is 0. The van der Waals surface area contributed by atoms with Gasteiger partial charge in [-0.05, 0) is 29.5 Å². The van der Waals surface area contributed by atoms with Gasteiger partial charge in [-0.25, -0.2) is 0 Å². The van der Waals surface area contributed by atoms with E-state index in [9.17, 15) is 0 Å². The molecule has 23 heavy (non-hydrogen) atoms. The summed E-state index contributed by atoms with van der Waals surface area (Å²) in [5, 5.41) is 0. The lowest BCUT2D eigenvalue weighted by atomic mass is 9.97. The number of unbranched alkanes of at least 4 members (excludes halogenated alkanes) is 6. The van der Waals surface area contributed by atoms with Crippen molar-refractivity contribution in [3.63, 3.8) is 0 Å². The van der Waals surface area contributed by atoms with Crippen LogP contribution in [0, 0.1) is 0 Å². The second kappa shape index (κ2) is 10.8. The molecule has 0 spiro atoms. The molecule has 122 valence electrons. The Morgan fingerprint density at radius 2 is 1.26 bits per heavy atom.